The zero-order valence-electron chi connectivity index (χ0n) is 18.1. The number of amides is 1. The second-order valence-corrected chi connectivity index (χ2v) is 8.84. The lowest BCUT2D eigenvalue weighted by Crippen LogP contribution is -2.32. The quantitative estimate of drug-likeness (QED) is 0.477. The number of benzene rings is 2. The molecule has 0 bridgehead atoms. The summed E-state index contributed by atoms with van der Waals surface area (Å²) in [7, 11) is 1.65. The van der Waals surface area contributed by atoms with Crippen LogP contribution in [0.25, 0.3) is 16.6 Å². The van der Waals surface area contributed by atoms with Gasteiger partial charge in [-0.1, -0.05) is 6.07 Å². The van der Waals surface area contributed by atoms with Crippen LogP contribution in [0.4, 0.5) is 19.0 Å². The first kappa shape index (κ1) is 20.8. The number of nitrogen functional groups attached to an aromatic ring is 1. The van der Waals surface area contributed by atoms with Crippen LogP contribution in [0.15, 0.2) is 42.9 Å². The fourth-order valence-corrected chi connectivity index (χ4v) is 4.68. The number of anilines is 1. The molecule has 2 aromatic heterocycles. The number of ether oxygens (including phenoxy) is 1. The number of nitrogens with zero attached hydrogens (tertiary/aromatic N) is 4. The largest absolute Gasteiger partial charge is 0.491 e. The zero-order valence-corrected chi connectivity index (χ0v) is 18.1. The number of carbonyl (C=O) groups is 1. The first-order valence-electron chi connectivity index (χ1n) is 10.9. The molecule has 1 aliphatic heterocycles. The van der Waals surface area contributed by atoms with Gasteiger partial charge in [0.25, 0.3) is 5.91 Å². The number of imidazole rings is 1. The minimum Gasteiger partial charge on any atom is -0.491 e. The molecule has 0 spiro atoms. The second kappa shape index (κ2) is 7.09. The van der Waals surface area contributed by atoms with Crippen molar-refractivity contribution in [3.63, 3.8) is 0 Å². The fourth-order valence-electron chi connectivity index (χ4n) is 4.68. The number of nitrogens with two attached hydrogens (primary N) is 1. The number of halogens is 3. The van der Waals surface area contributed by atoms with E-state index in [2.05, 4.69) is 9.97 Å². The van der Waals surface area contributed by atoms with Crippen LogP contribution in [0.3, 0.4) is 0 Å². The lowest BCUT2D eigenvalue weighted by atomic mass is 9.99. The molecule has 6 rings (SSSR count). The first-order valence-corrected chi connectivity index (χ1v) is 10.9. The molecule has 0 unspecified atom stereocenters. The second-order valence-electron chi connectivity index (χ2n) is 8.84. The standard InChI is InChI=1S/C24H20F3N5O2/c1-31(20-10-34-21-6-13(24(25,26)27)4-5-14(20)21)23(33)16-8-18-17(7-15(16)12-2-3-12)30-22(28)19-9-29-11-32(18)19/h4-9,11-12,20H,2-3,10H2,1H3,(H2,28,30)/t20-/m1/s1. The topological polar surface area (TPSA) is 85.8 Å². The monoisotopic (exact) mass is 467 g/mol. The van der Waals surface area contributed by atoms with Crippen LogP contribution in [0.5, 0.6) is 5.75 Å². The van der Waals surface area contributed by atoms with Crippen molar-refractivity contribution in [1.82, 2.24) is 19.3 Å². The molecule has 174 valence electrons. The van der Waals surface area contributed by atoms with Gasteiger partial charge in [0.05, 0.1) is 35.2 Å². The Morgan fingerprint density at radius 2 is 1.97 bits per heavy atom. The molecule has 1 aliphatic carbocycles. The van der Waals surface area contributed by atoms with Crippen molar-refractivity contribution in [1.29, 1.82) is 0 Å². The third-order valence-corrected chi connectivity index (χ3v) is 6.68. The van der Waals surface area contributed by atoms with Gasteiger partial charge in [-0.05, 0) is 48.6 Å². The van der Waals surface area contributed by atoms with Gasteiger partial charge in [0.2, 0.25) is 0 Å². The van der Waals surface area contributed by atoms with Gasteiger partial charge < -0.3 is 15.4 Å². The Morgan fingerprint density at radius 1 is 1.18 bits per heavy atom. The van der Waals surface area contributed by atoms with E-state index in [0.717, 1.165) is 30.5 Å². The molecule has 2 N–H and O–H groups in total. The molecule has 0 saturated heterocycles. The summed E-state index contributed by atoms with van der Waals surface area (Å²) in [5.41, 5.74) is 9.36. The molecule has 4 aromatic rings. The number of aromatic nitrogens is 3. The van der Waals surface area contributed by atoms with Gasteiger partial charge in [-0.15, -0.1) is 0 Å². The molecule has 1 amide bonds. The number of likely N-dealkylation sites (N-methyl/N-ethyl adjacent to an activating group) is 1. The molecule has 3 heterocycles. The van der Waals surface area contributed by atoms with E-state index in [1.807, 2.05) is 12.1 Å². The third kappa shape index (κ3) is 3.16. The maximum absolute atomic E-state index is 13.7. The van der Waals surface area contributed by atoms with Gasteiger partial charge in [-0.3, -0.25) is 9.20 Å². The van der Waals surface area contributed by atoms with Crippen molar-refractivity contribution < 1.29 is 22.7 Å². The van der Waals surface area contributed by atoms with E-state index in [4.69, 9.17) is 10.5 Å². The van der Waals surface area contributed by atoms with E-state index < -0.39 is 17.8 Å². The van der Waals surface area contributed by atoms with E-state index >= 15 is 0 Å². The summed E-state index contributed by atoms with van der Waals surface area (Å²) in [6.07, 6.45) is 0.746. The predicted molar refractivity (Wildman–Crippen MR) is 119 cm³/mol. The summed E-state index contributed by atoms with van der Waals surface area (Å²) >= 11 is 0. The summed E-state index contributed by atoms with van der Waals surface area (Å²) in [4.78, 5) is 23.9. The molecular weight excluding hydrogens is 447 g/mol. The molecule has 2 aromatic carbocycles. The first-order chi connectivity index (χ1) is 16.2. The summed E-state index contributed by atoms with van der Waals surface area (Å²) in [5.74, 6) is 0.552. The maximum Gasteiger partial charge on any atom is 0.416 e. The Bertz CT molecular complexity index is 1480. The summed E-state index contributed by atoms with van der Waals surface area (Å²) in [5, 5.41) is 0. The van der Waals surface area contributed by atoms with Crippen molar-refractivity contribution in [3.8, 4) is 5.75 Å². The van der Waals surface area contributed by atoms with Crippen LogP contribution >= 0.6 is 0 Å². The summed E-state index contributed by atoms with van der Waals surface area (Å²) < 4.78 is 46.6. The van der Waals surface area contributed by atoms with Gasteiger partial charge in [-0.25, -0.2) is 9.97 Å². The van der Waals surface area contributed by atoms with Crippen molar-refractivity contribution >= 4 is 28.3 Å². The summed E-state index contributed by atoms with van der Waals surface area (Å²) in [6, 6.07) is 6.64. The Morgan fingerprint density at radius 3 is 2.71 bits per heavy atom. The van der Waals surface area contributed by atoms with Crippen molar-refractivity contribution in [2.75, 3.05) is 19.4 Å². The van der Waals surface area contributed by atoms with Gasteiger partial charge in [-0.2, -0.15) is 13.2 Å². The lowest BCUT2D eigenvalue weighted by molar-refractivity contribution is -0.137. The van der Waals surface area contributed by atoms with Gasteiger partial charge in [0, 0.05) is 18.2 Å². The van der Waals surface area contributed by atoms with E-state index in [1.165, 1.54) is 6.07 Å². The van der Waals surface area contributed by atoms with Crippen molar-refractivity contribution in [3.05, 3.63) is 65.1 Å². The molecule has 1 fully saturated rings. The highest BCUT2D eigenvalue weighted by atomic mass is 19.4. The number of carbonyl (C=O) groups excluding carboxylic acids is 1. The van der Waals surface area contributed by atoms with Crippen LogP contribution in [0, 0.1) is 0 Å². The molecular formula is C24H20F3N5O2. The Hall–Kier alpha value is -3.82. The number of hydrogen-bond acceptors (Lipinski definition) is 5. The molecule has 34 heavy (non-hydrogen) atoms. The van der Waals surface area contributed by atoms with E-state index in [0.29, 0.717) is 33.5 Å². The third-order valence-electron chi connectivity index (χ3n) is 6.68. The van der Waals surface area contributed by atoms with Gasteiger partial charge in [0.15, 0.2) is 0 Å². The molecule has 10 heteroatoms. The molecule has 0 radical (unpaired) electrons. The molecule has 7 nitrogen and oxygen atoms in total. The Kier molecular flexibility index (Phi) is 4.33. The molecule has 2 aliphatic rings. The van der Waals surface area contributed by atoms with Crippen LogP contribution in [-0.2, 0) is 6.18 Å². The van der Waals surface area contributed by atoms with Gasteiger partial charge in [0.1, 0.15) is 23.7 Å². The van der Waals surface area contributed by atoms with Crippen LogP contribution in [0.1, 0.15) is 51.8 Å². The van der Waals surface area contributed by atoms with Gasteiger partial charge >= 0.3 is 6.18 Å². The van der Waals surface area contributed by atoms with E-state index in [9.17, 15) is 18.0 Å². The van der Waals surface area contributed by atoms with Crippen molar-refractivity contribution in [2.24, 2.45) is 0 Å². The number of hydrogen-bond donors (Lipinski definition) is 1. The SMILES string of the molecule is CN(C(=O)c1cc2c(cc1C1CC1)nc(N)c1cncn12)[C@@H]1COc2cc(C(F)(F)F)ccc21. The minimum atomic E-state index is -4.46. The lowest BCUT2D eigenvalue weighted by Gasteiger charge is -2.25. The zero-order chi connectivity index (χ0) is 23.8. The predicted octanol–water partition coefficient (Wildman–Crippen LogP) is 4.57. The number of alkyl halides is 3. The Balaban J connectivity index is 1.41. The van der Waals surface area contributed by atoms with Crippen molar-refractivity contribution in [2.45, 2.75) is 31.0 Å². The number of fused-ring (bicyclic) bond motifs is 4. The smallest absolute Gasteiger partial charge is 0.416 e. The molecule has 1 saturated carbocycles. The van der Waals surface area contributed by atoms with E-state index in [-0.39, 0.29) is 24.2 Å². The normalized spacial score (nSPS) is 17.7. The highest BCUT2D eigenvalue weighted by Crippen LogP contribution is 2.44. The van der Waals surface area contributed by atoms with E-state index in [1.54, 1.807) is 28.9 Å². The van der Waals surface area contributed by atoms with Crippen LogP contribution in [0.2, 0.25) is 0 Å². The van der Waals surface area contributed by atoms with Crippen LogP contribution in [-0.4, -0.2) is 38.8 Å². The highest BCUT2D eigenvalue weighted by molar-refractivity contribution is 6.00. The minimum absolute atomic E-state index is 0.0923. The fraction of sp³-hybridized carbons (Fsp3) is 0.292. The Labute approximate surface area is 192 Å². The highest BCUT2D eigenvalue weighted by Gasteiger charge is 2.37. The number of rotatable bonds is 3. The average molecular weight is 467 g/mol. The average Bonchev–Trinajstić information content (AvgIpc) is 3.36. The van der Waals surface area contributed by atoms with Crippen LogP contribution < -0.4 is 10.5 Å². The summed E-state index contributed by atoms with van der Waals surface area (Å²) in [6.45, 7) is 0.0923. The maximum atomic E-state index is 13.7. The molecule has 1 atom stereocenters.